The first kappa shape index (κ1) is 18.2. The van der Waals surface area contributed by atoms with Gasteiger partial charge in [0.25, 0.3) is 0 Å². The zero-order valence-corrected chi connectivity index (χ0v) is 14.9. The Morgan fingerprint density at radius 2 is 1.71 bits per heavy atom. The van der Waals surface area contributed by atoms with Gasteiger partial charge < -0.3 is 4.90 Å². The predicted molar refractivity (Wildman–Crippen MR) is 95.6 cm³/mol. The molecule has 2 rings (SSSR count). The Morgan fingerprint density at radius 1 is 1.04 bits per heavy atom. The summed E-state index contributed by atoms with van der Waals surface area (Å²) in [5, 5.41) is 0. The Balaban J connectivity index is 2.07. The lowest BCUT2D eigenvalue weighted by Crippen LogP contribution is -2.37. The van der Waals surface area contributed by atoms with Crippen molar-refractivity contribution in [2.45, 2.75) is 25.7 Å². The number of aryl methyl sites for hydroxylation is 2. The van der Waals surface area contributed by atoms with Gasteiger partial charge in [0.05, 0.1) is 4.90 Å². The molecule has 0 spiro atoms. The first-order valence-electron chi connectivity index (χ1n) is 7.71. The molecule has 1 N–H and O–H groups in total. The van der Waals surface area contributed by atoms with Gasteiger partial charge in [-0.3, -0.25) is 4.79 Å². The van der Waals surface area contributed by atoms with E-state index >= 15 is 0 Å². The quantitative estimate of drug-likeness (QED) is 0.874. The van der Waals surface area contributed by atoms with E-state index in [0.717, 1.165) is 16.8 Å². The van der Waals surface area contributed by atoms with Gasteiger partial charge >= 0.3 is 0 Å². The summed E-state index contributed by atoms with van der Waals surface area (Å²) in [6, 6.07) is 13.9. The van der Waals surface area contributed by atoms with Gasteiger partial charge in [0.1, 0.15) is 0 Å². The lowest BCUT2D eigenvalue weighted by molar-refractivity contribution is -0.116. The summed E-state index contributed by atoms with van der Waals surface area (Å²) in [5.74, 6) is -0.128. The molecule has 0 bridgehead atoms. The Morgan fingerprint density at radius 3 is 2.29 bits per heavy atom. The lowest BCUT2D eigenvalue weighted by Gasteiger charge is -2.22. The van der Waals surface area contributed by atoms with Gasteiger partial charge in [-0.1, -0.05) is 24.3 Å². The smallest absolute Gasteiger partial charge is 0.240 e. The fourth-order valence-electron chi connectivity index (χ4n) is 2.34. The molecule has 24 heavy (non-hydrogen) atoms. The molecule has 0 radical (unpaired) electrons. The maximum Gasteiger partial charge on any atom is 0.240 e. The summed E-state index contributed by atoms with van der Waals surface area (Å²) < 4.78 is 26.9. The van der Waals surface area contributed by atoms with Crippen LogP contribution in [0.15, 0.2) is 53.4 Å². The molecule has 2 aromatic rings. The van der Waals surface area contributed by atoms with Crippen LogP contribution in [0.25, 0.3) is 0 Å². The van der Waals surface area contributed by atoms with Crippen LogP contribution in [0.5, 0.6) is 0 Å². The average molecular weight is 346 g/mol. The molecule has 0 atom stereocenters. The van der Waals surface area contributed by atoms with Gasteiger partial charge in [-0.2, -0.15) is 0 Å². The van der Waals surface area contributed by atoms with Crippen LogP contribution < -0.4 is 9.62 Å². The van der Waals surface area contributed by atoms with E-state index in [9.17, 15) is 13.2 Å². The molecule has 0 heterocycles. The molecule has 0 aliphatic rings. The number of carbonyl (C=O) groups excluding carboxylic acids is 1. The topological polar surface area (TPSA) is 66.5 Å². The zero-order chi connectivity index (χ0) is 17.7. The van der Waals surface area contributed by atoms with Gasteiger partial charge in [-0.25, -0.2) is 13.1 Å². The monoisotopic (exact) mass is 346 g/mol. The van der Waals surface area contributed by atoms with Crippen molar-refractivity contribution in [3.8, 4) is 0 Å². The average Bonchev–Trinajstić information content (AvgIpc) is 2.55. The van der Waals surface area contributed by atoms with Gasteiger partial charge in [-0.05, 0) is 49.2 Å². The standard InChI is InChI=1S/C18H22N2O3S/c1-14-9-10-17(13-15(14)2)20(16(3)21)12-11-19-24(22,23)18-7-5-4-6-8-18/h4-10,13,19H,11-12H2,1-3H3. The van der Waals surface area contributed by atoms with E-state index in [2.05, 4.69) is 4.72 Å². The molecule has 2 aromatic carbocycles. The molecule has 0 saturated carbocycles. The molecule has 0 aliphatic heterocycles. The van der Waals surface area contributed by atoms with Crippen LogP contribution in [-0.2, 0) is 14.8 Å². The van der Waals surface area contributed by atoms with Gasteiger partial charge in [0.15, 0.2) is 0 Å². The summed E-state index contributed by atoms with van der Waals surface area (Å²) in [5.41, 5.74) is 3.00. The maximum absolute atomic E-state index is 12.2. The van der Waals surface area contributed by atoms with Crippen LogP contribution in [0.2, 0.25) is 0 Å². The molecule has 0 aliphatic carbocycles. The number of nitrogens with one attached hydrogen (secondary N) is 1. The predicted octanol–water partition coefficient (Wildman–Crippen LogP) is 2.63. The van der Waals surface area contributed by atoms with Crippen molar-refractivity contribution in [1.82, 2.24) is 4.72 Å². The highest BCUT2D eigenvalue weighted by molar-refractivity contribution is 7.89. The number of nitrogens with zero attached hydrogens (tertiary/aromatic N) is 1. The van der Waals surface area contributed by atoms with E-state index < -0.39 is 10.0 Å². The summed E-state index contributed by atoms with van der Waals surface area (Å²) >= 11 is 0. The fourth-order valence-corrected chi connectivity index (χ4v) is 3.38. The van der Waals surface area contributed by atoms with E-state index in [-0.39, 0.29) is 23.9 Å². The third-order valence-electron chi connectivity index (χ3n) is 3.86. The van der Waals surface area contributed by atoms with Crippen molar-refractivity contribution in [3.63, 3.8) is 0 Å². The molecular weight excluding hydrogens is 324 g/mol. The summed E-state index contributed by atoms with van der Waals surface area (Å²) in [6.45, 7) is 5.87. The number of carbonyl (C=O) groups is 1. The first-order valence-corrected chi connectivity index (χ1v) is 9.19. The minimum absolute atomic E-state index is 0.128. The van der Waals surface area contributed by atoms with E-state index in [4.69, 9.17) is 0 Å². The van der Waals surface area contributed by atoms with Gasteiger partial charge in [0, 0.05) is 25.7 Å². The third kappa shape index (κ3) is 4.43. The van der Waals surface area contributed by atoms with Crippen LogP contribution in [0, 0.1) is 13.8 Å². The van der Waals surface area contributed by atoms with Crippen LogP contribution in [-0.4, -0.2) is 27.4 Å². The van der Waals surface area contributed by atoms with Crippen LogP contribution >= 0.6 is 0 Å². The van der Waals surface area contributed by atoms with E-state index in [1.807, 2.05) is 32.0 Å². The fraction of sp³-hybridized carbons (Fsp3) is 0.278. The van der Waals surface area contributed by atoms with Crippen molar-refractivity contribution in [2.75, 3.05) is 18.0 Å². The Labute approximate surface area is 143 Å². The third-order valence-corrected chi connectivity index (χ3v) is 5.34. The number of hydrogen-bond donors (Lipinski definition) is 1. The SMILES string of the molecule is CC(=O)N(CCNS(=O)(=O)c1ccccc1)c1ccc(C)c(C)c1. The van der Waals surface area contributed by atoms with E-state index in [1.165, 1.54) is 19.1 Å². The van der Waals surface area contributed by atoms with Crippen molar-refractivity contribution < 1.29 is 13.2 Å². The second-order valence-electron chi connectivity index (χ2n) is 5.65. The number of benzene rings is 2. The molecule has 0 aromatic heterocycles. The maximum atomic E-state index is 12.2. The lowest BCUT2D eigenvalue weighted by atomic mass is 10.1. The molecular formula is C18H22N2O3S. The zero-order valence-electron chi connectivity index (χ0n) is 14.1. The highest BCUT2D eigenvalue weighted by Crippen LogP contribution is 2.19. The van der Waals surface area contributed by atoms with Crippen LogP contribution in [0.3, 0.4) is 0 Å². The van der Waals surface area contributed by atoms with Crippen LogP contribution in [0.4, 0.5) is 5.69 Å². The molecule has 128 valence electrons. The van der Waals surface area contributed by atoms with Crippen molar-refractivity contribution in [2.24, 2.45) is 0 Å². The second-order valence-corrected chi connectivity index (χ2v) is 7.42. The second kappa shape index (κ2) is 7.59. The molecule has 0 unspecified atom stereocenters. The molecule has 5 nitrogen and oxygen atoms in total. The number of sulfonamides is 1. The summed E-state index contributed by atoms with van der Waals surface area (Å²) in [4.78, 5) is 13.7. The molecule has 6 heteroatoms. The van der Waals surface area contributed by atoms with E-state index in [1.54, 1.807) is 23.1 Å². The highest BCUT2D eigenvalue weighted by atomic mass is 32.2. The number of anilines is 1. The first-order chi connectivity index (χ1) is 11.3. The number of amides is 1. The van der Waals surface area contributed by atoms with Crippen molar-refractivity contribution in [3.05, 3.63) is 59.7 Å². The molecule has 1 amide bonds. The summed E-state index contributed by atoms with van der Waals surface area (Å²) in [7, 11) is -3.57. The van der Waals surface area contributed by atoms with Crippen molar-refractivity contribution >= 4 is 21.6 Å². The number of hydrogen-bond acceptors (Lipinski definition) is 3. The van der Waals surface area contributed by atoms with Gasteiger partial charge in [-0.15, -0.1) is 0 Å². The normalized spacial score (nSPS) is 11.3. The largest absolute Gasteiger partial charge is 0.311 e. The number of rotatable bonds is 6. The van der Waals surface area contributed by atoms with E-state index in [0.29, 0.717) is 0 Å². The van der Waals surface area contributed by atoms with Gasteiger partial charge in [0.2, 0.25) is 15.9 Å². The Kier molecular flexibility index (Phi) is 5.75. The molecule has 0 saturated heterocycles. The highest BCUT2D eigenvalue weighted by Gasteiger charge is 2.16. The summed E-state index contributed by atoms with van der Waals surface area (Å²) in [6.07, 6.45) is 0. The molecule has 0 fully saturated rings. The Bertz CT molecular complexity index is 817. The minimum atomic E-state index is -3.57. The Hall–Kier alpha value is -2.18. The minimum Gasteiger partial charge on any atom is -0.311 e. The van der Waals surface area contributed by atoms with Crippen LogP contribution in [0.1, 0.15) is 18.1 Å². The van der Waals surface area contributed by atoms with Crippen molar-refractivity contribution in [1.29, 1.82) is 0 Å².